The lowest BCUT2D eigenvalue weighted by atomic mass is 9.92. The van der Waals surface area contributed by atoms with Crippen LogP contribution in [0, 0.1) is 5.92 Å². The lowest BCUT2D eigenvalue weighted by Crippen LogP contribution is -2.45. The van der Waals surface area contributed by atoms with Gasteiger partial charge in [-0.2, -0.15) is 0 Å². The van der Waals surface area contributed by atoms with E-state index in [2.05, 4.69) is 55.0 Å². The Balaban J connectivity index is 1.10. The molecule has 0 spiro atoms. The van der Waals surface area contributed by atoms with Crippen LogP contribution in [0.4, 0.5) is 10.3 Å². The van der Waals surface area contributed by atoms with Crippen molar-refractivity contribution in [2.24, 2.45) is 5.92 Å². The molecule has 3 heterocycles. The number of benzene rings is 1. The summed E-state index contributed by atoms with van der Waals surface area (Å²) in [7, 11) is 0. The Morgan fingerprint density at radius 2 is 1.97 bits per heavy atom. The highest BCUT2D eigenvalue weighted by atomic mass is 19.1. The van der Waals surface area contributed by atoms with Gasteiger partial charge in [0.15, 0.2) is 0 Å². The molecule has 3 aromatic rings. The Morgan fingerprint density at radius 3 is 2.64 bits per heavy atom. The van der Waals surface area contributed by atoms with E-state index in [1.807, 2.05) is 0 Å². The Morgan fingerprint density at radius 1 is 1.21 bits per heavy atom. The smallest absolute Gasteiger partial charge is 0.257 e. The third-order valence-corrected chi connectivity index (χ3v) is 6.38. The molecule has 10 heteroatoms. The normalized spacial score (nSPS) is 20.5. The van der Waals surface area contributed by atoms with Crippen LogP contribution in [0.3, 0.4) is 0 Å². The van der Waals surface area contributed by atoms with Gasteiger partial charge in [-0.1, -0.05) is 34.6 Å². The van der Waals surface area contributed by atoms with Crippen molar-refractivity contribution in [1.29, 1.82) is 0 Å². The first-order chi connectivity index (χ1) is 16.2. The Hall–Kier alpha value is -3.56. The molecular weight excluding hydrogens is 425 g/mol. The van der Waals surface area contributed by atoms with Crippen molar-refractivity contribution in [1.82, 2.24) is 30.3 Å². The van der Waals surface area contributed by atoms with Gasteiger partial charge in [-0.05, 0) is 42.7 Å². The van der Waals surface area contributed by atoms with Gasteiger partial charge < -0.3 is 15.0 Å². The number of carbonyl (C=O) groups is 1. The number of amides is 1. The number of anilines is 1. The second-order valence-electron chi connectivity index (χ2n) is 8.58. The number of halogens is 1. The van der Waals surface area contributed by atoms with Gasteiger partial charge in [0.05, 0.1) is 24.9 Å². The number of fused-ring (bicyclic) bond motifs is 1. The predicted molar refractivity (Wildman–Crippen MR) is 119 cm³/mol. The molecule has 5 rings (SSSR count). The number of likely N-dealkylation sites (tertiary alicyclic amines) is 1. The minimum absolute atomic E-state index is 0.0633. The summed E-state index contributed by atoms with van der Waals surface area (Å²) in [6.45, 7) is 0.919. The second-order valence-corrected chi connectivity index (χ2v) is 8.58. The molecule has 1 saturated heterocycles. The predicted octanol–water partition coefficient (Wildman–Crippen LogP) is 2.44. The molecule has 2 N–H and O–H groups in total. The maximum absolute atomic E-state index is 14.7. The van der Waals surface area contributed by atoms with Crippen LogP contribution in [0.15, 0.2) is 42.9 Å². The van der Waals surface area contributed by atoms with Crippen molar-refractivity contribution in [3.63, 3.8) is 0 Å². The van der Waals surface area contributed by atoms with E-state index in [0.717, 1.165) is 12.8 Å². The molecule has 1 aliphatic carbocycles. The van der Waals surface area contributed by atoms with Gasteiger partial charge >= 0.3 is 0 Å². The van der Waals surface area contributed by atoms with E-state index in [-0.39, 0.29) is 24.4 Å². The highest BCUT2D eigenvalue weighted by Gasteiger charge is 2.32. The summed E-state index contributed by atoms with van der Waals surface area (Å²) in [4.78, 5) is 23.0. The zero-order chi connectivity index (χ0) is 22.6. The summed E-state index contributed by atoms with van der Waals surface area (Å²) < 4.78 is 20.2. The van der Waals surface area contributed by atoms with E-state index in [9.17, 15) is 9.18 Å². The third-order valence-electron chi connectivity index (χ3n) is 6.38. The number of carbonyl (C=O) groups excluding carboxylic acids is 1. The maximum Gasteiger partial charge on any atom is 0.257 e. The number of aromatic amines is 1. The summed E-state index contributed by atoms with van der Waals surface area (Å²) >= 11 is 0. The average molecular weight is 452 g/mol. The monoisotopic (exact) mass is 451 g/mol. The summed E-state index contributed by atoms with van der Waals surface area (Å²) in [5.41, 5.74) is 3.06. The second kappa shape index (κ2) is 9.51. The molecule has 1 aliphatic heterocycles. The molecule has 2 aromatic heterocycles. The Kier molecular flexibility index (Phi) is 6.14. The fourth-order valence-electron chi connectivity index (χ4n) is 4.58. The highest BCUT2D eigenvalue weighted by molar-refractivity contribution is 5.93. The van der Waals surface area contributed by atoms with Gasteiger partial charge in [-0.3, -0.25) is 9.89 Å². The number of ether oxygens (including phenoxy) is 1. The fraction of sp³-hybridized carbons (Fsp3) is 0.435. The number of piperidine rings is 1. The van der Waals surface area contributed by atoms with E-state index in [0.29, 0.717) is 43.4 Å². The Bertz CT molecular complexity index is 1050. The molecule has 1 fully saturated rings. The van der Waals surface area contributed by atoms with E-state index < -0.39 is 6.17 Å². The lowest BCUT2D eigenvalue weighted by Gasteiger charge is -2.34. The Labute approximate surface area is 190 Å². The average Bonchev–Trinajstić information content (AvgIpc) is 3.49. The molecule has 0 radical (unpaired) electrons. The van der Waals surface area contributed by atoms with Crippen molar-refractivity contribution < 1.29 is 13.9 Å². The summed E-state index contributed by atoms with van der Waals surface area (Å²) in [5, 5.41) is 13.2. The van der Waals surface area contributed by atoms with Gasteiger partial charge in [0.1, 0.15) is 6.17 Å². The number of alkyl halides is 1. The summed E-state index contributed by atoms with van der Waals surface area (Å²) in [5.74, 6) is 0.501. The molecular formula is C23H26FN7O2. The maximum atomic E-state index is 14.7. The molecule has 172 valence electrons. The number of hydrogen-bond donors (Lipinski definition) is 2. The van der Waals surface area contributed by atoms with Crippen LogP contribution in [0.25, 0.3) is 0 Å². The topological polar surface area (TPSA) is 109 Å². The third kappa shape index (κ3) is 4.94. The van der Waals surface area contributed by atoms with Crippen LogP contribution in [0.5, 0.6) is 5.88 Å². The molecule has 0 saturated carbocycles. The van der Waals surface area contributed by atoms with Crippen molar-refractivity contribution in [3.8, 4) is 5.88 Å². The number of rotatable bonds is 7. The molecule has 2 atom stereocenters. The van der Waals surface area contributed by atoms with E-state index in [1.54, 1.807) is 11.1 Å². The van der Waals surface area contributed by atoms with Crippen molar-refractivity contribution in [2.45, 2.75) is 37.9 Å². The van der Waals surface area contributed by atoms with E-state index >= 15 is 0 Å². The molecule has 1 amide bonds. The van der Waals surface area contributed by atoms with Crippen LogP contribution in [0.2, 0.25) is 0 Å². The first-order valence-electron chi connectivity index (χ1n) is 11.2. The van der Waals surface area contributed by atoms with Gasteiger partial charge in [-0.25, -0.2) is 14.4 Å². The van der Waals surface area contributed by atoms with E-state index in [4.69, 9.17) is 4.74 Å². The lowest BCUT2D eigenvalue weighted by molar-refractivity contribution is 0.0474. The standard InChI is InChI=1S/C23H26FN7O2/c24-20-14-31(7-5-15(20)6-8-33-21-13-27-30-29-21)22(32)18-11-25-23(26-12-18)28-19-9-16-3-1-2-4-17(16)10-19/h1-4,11-13,15,19-20H,5-10,14H2,(H,25,26,28)(H,27,29,30). The fourth-order valence-corrected chi connectivity index (χ4v) is 4.58. The van der Waals surface area contributed by atoms with Crippen LogP contribution in [0.1, 0.15) is 34.3 Å². The van der Waals surface area contributed by atoms with Crippen molar-refractivity contribution in [2.75, 3.05) is 25.0 Å². The number of aromatic nitrogens is 5. The molecule has 9 nitrogen and oxygen atoms in total. The van der Waals surface area contributed by atoms with Crippen LogP contribution in [-0.4, -0.2) is 68.1 Å². The van der Waals surface area contributed by atoms with Gasteiger partial charge in [0.2, 0.25) is 5.95 Å². The van der Waals surface area contributed by atoms with Crippen LogP contribution in [-0.2, 0) is 12.8 Å². The van der Waals surface area contributed by atoms with Crippen molar-refractivity contribution >= 4 is 11.9 Å². The number of nitrogens with one attached hydrogen (secondary N) is 2. The van der Waals surface area contributed by atoms with E-state index in [1.165, 1.54) is 23.5 Å². The van der Waals surface area contributed by atoms with Crippen LogP contribution >= 0.6 is 0 Å². The van der Waals surface area contributed by atoms with Gasteiger partial charge in [0.25, 0.3) is 11.8 Å². The molecule has 33 heavy (non-hydrogen) atoms. The van der Waals surface area contributed by atoms with Crippen LogP contribution < -0.4 is 10.1 Å². The molecule has 2 unspecified atom stereocenters. The largest absolute Gasteiger partial charge is 0.475 e. The van der Waals surface area contributed by atoms with Crippen molar-refractivity contribution in [3.05, 3.63) is 59.5 Å². The number of hydrogen-bond acceptors (Lipinski definition) is 7. The molecule has 2 aliphatic rings. The zero-order valence-corrected chi connectivity index (χ0v) is 18.2. The van der Waals surface area contributed by atoms with Gasteiger partial charge in [0, 0.05) is 25.0 Å². The van der Waals surface area contributed by atoms with Gasteiger partial charge in [-0.15, -0.1) is 0 Å². The molecule has 1 aromatic carbocycles. The first kappa shape index (κ1) is 21.3. The highest BCUT2D eigenvalue weighted by Crippen LogP contribution is 2.26. The minimum atomic E-state index is -1.10. The summed E-state index contributed by atoms with van der Waals surface area (Å²) in [6.07, 6.45) is 6.48. The SMILES string of the molecule is O=C(c1cnc(NC2Cc3ccccc3C2)nc1)N1CCC(CCOc2c[nH]nn2)C(F)C1. The number of H-pyrrole nitrogens is 1. The first-order valence-corrected chi connectivity index (χ1v) is 11.2. The minimum Gasteiger partial charge on any atom is -0.475 e. The quantitative estimate of drug-likeness (QED) is 0.568. The zero-order valence-electron chi connectivity index (χ0n) is 18.2. The number of nitrogens with zero attached hydrogens (tertiary/aromatic N) is 5. The summed E-state index contributed by atoms with van der Waals surface area (Å²) in [6, 6.07) is 8.63. The molecule has 0 bridgehead atoms.